The van der Waals surface area contributed by atoms with Gasteiger partial charge in [-0.05, 0) is 52.2 Å². The lowest BCUT2D eigenvalue weighted by molar-refractivity contribution is 0.493. The molecule has 3 aromatic rings. The van der Waals surface area contributed by atoms with Gasteiger partial charge in [-0.25, -0.2) is 4.39 Å². The molecule has 2 N–H and O–H groups in total. The summed E-state index contributed by atoms with van der Waals surface area (Å²) in [6.07, 6.45) is 0.483. The highest BCUT2D eigenvalue weighted by Crippen LogP contribution is 2.31. The average molecular weight is 369 g/mol. The molecule has 1 aromatic heterocycles. The quantitative estimate of drug-likeness (QED) is 0.687. The third kappa shape index (κ3) is 2.98. The van der Waals surface area contributed by atoms with Gasteiger partial charge in [0.2, 0.25) is 0 Å². The Morgan fingerprint density at radius 2 is 2.05 bits per heavy atom. The molecule has 1 heterocycles. The third-order valence-electron chi connectivity index (χ3n) is 3.34. The number of para-hydroxylation sites is 1. The highest BCUT2D eigenvalue weighted by molar-refractivity contribution is 9.10. The first-order chi connectivity index (χ1) is 10.0. The molecule has 2 aromatic carbocycles. The second-order valence-electron chi connectivity index (χ2n) is 4.85. The minimum Gasteiger partial charge on any atom is -0.458 e. The number of benzene rings is 2. The lowest BCUT2D eigenvalue weighted by atomic mass is 10.0. The number of furan rings is 1. The van der Waals surface area contributed by atoms with E-state index in [9.17, 15) is 4.39 Å². The number of rotatable bonds is 3. The van der Waals surface area contributed by atoms with Gasteiger partial charge in [-0.3, -0.25) is 0 Å². The molecule has 2 nitrogen and oxygen atoms in total. The lowest BCUT2D eigenvalue weighted by Gasteiger charge is -2.10. The average Bonchev–Trinajstić information content (AvgIpc) is 2.87. The van der Waals surface area contributed by atoms with Crippen molar-refractivity contribution in [3.8, 4) is 0 Å². The first-order valence-electron chi connectivity index (χ1n) is 6.42. The Bertz CT molecular complexity index is 802. The Hall–Kier alpha value is -1.36. The highest BCUT2D eigenvalue weighted by Gasteiger charge is 2.15. The molecular formula is C16H12BrClFNO. The normalized spacial score (nSPS) is 12.8. The third-order valence-corrected chi connectivity index (χ3v) is 4.31. The van der Waals surface area contributed by atoms with Crippen LogP contribution in [0.15, 0.2) is 51.4 Å². The van der Waals surface area contributed by atoms with Gasteiger partial charge in [-0.2, -0.15) is 0 Å². The number of hydrogen-bond acceptors (Lipinski definition) is 2. The van der Waals surface area contributed by atoms with Crippen LogP contribution in [0.2, 0.25) is 5.02 Å². The van der Waals surface area contributed by atoms with Crippen LogP contribution in [0.4, 0.5) is 4.39 Å². The van der Waals surface area contributed by atoms with E-state index in [4.69, 9.17) is 21.8 Å². The van der Waals surface area contributed by atoms with Gasteiger partial charge in [-0.15, -0.1) is 0 Å². The van der Waals surface area contributed by atoms with Crippen LogP contribution in [-0.4, -0.2) is 0 Å². The Labute approximate surface area is 134 Å². The van der Waals surface area contributed by atoms with Crippen molar-refractivity contribution in [2.45, 2.75) is 12.5 Å². The molecule has 1 atom stereocenters. The van der Waals surface area contributed by atoms with Gasteiger partial charge >= 0.3 is 0 Å². The minimum atomic E-state index is -0.356. The number of nitrogens with two attached hydrogens (primary N) is 1. The van der Waals surface area contributed by atoms with Gasteiger partial charge in [0.25, 0.3) is 0 Å². The Morgan fingerprint density at radius 1 is 1.24 bits per heavy atom. The van der Waals surface area contributed by atoms with Crippen LogP contribution in [0.3, 0.4) is 0 Å². The van der Waals surface area contributed by atoms with E-state index < -0.39 is 0 Å². The van der Waals surface area contributed by atoms with Crippen molar-refractivity contribution in [1.82, 2.24) is 0 Å². The molecule has 0 bridgehead atoms. The molecule has 21 heavy (non-hydrogen) atoms. The molecule has 1 unspecified atom stereocenters. The summed E-state index contributed by atoms with van der Waals surface area (Å²) in [7, 11) is 0. The summed E-state index contributed by atoms with van der Waals surface area (Å²) >= 11 is 9.48. The fourth-order valence-corrected chi connectivity index (χ4v) is 2.96. The van der Waals surface area contributed by atoms with E-state index in [0.717, 1.165) is 21.0 Å². The zero-order valence-corrected chi connectivity index (χ0v) is 13.3. The summed E-state index contributed by atoms with van der Waals surface area (Å²) in [5.74, 6) is 0.322. The predicted octanol–water partition coefficient (Wildman–Crippen LogP) is 5.23. The second-order valence-corrected chi connectivity index (χ2v) is 6.11. The summed E-state index contributed by atoms with van der Waals surface area (Å²) in [6.45, 7) is 0. The maximum atomic E-state index is 13.1. The summed E-state index contributed by atoms with van der Waals surface area (Å²) in [4.78, 5) is 0. The summed E-state index contributed by atoms with van der Waals surface area (Å²) in [6, 6.07) is 11.7. The first kappa shape index (κ1) is 14.6. The van der Waals surface area contributed by atoms with E-state index >= 15 is 0 Å². The SMILES string of the molecule is NC(Cc1ccc(F)cc1Cl)c1cc2cccc(Br)c2o1. The molecule has 0 spiro atoms. The van der Waals surface area contributed by atoms with E-state index in [2.05, 4.69) is 15.9 Å². The fraction of sp³-hybridized carbons (Fsp3) is 0.125. The molecule has 3 rings (SSSR count). The fourth-order valence-electron chi connectivity index (χ4n) is 2.25. The van der Waals surface area contributed by atoms with Crippen molar-refractivity contribution < 1.29 is 8.81 Å². The van der Waals surface area contributed by atoms with Crippen LogP contribution >= 0.6 is 27.5 Å². The van der Waals surface area contributed by atoms with Crippen LogP contribution < -0.4 is 5.73 Å². The minimum absolute atomic E-state index is 0.340. The summed E-state index contributed by atoms with van der Waals surface area (Å²) in [5, 5.41) is 1.36. The Morgan fingerprint density at radius 3 is 2.76 bits per heavy atom. The van der Waals surface area contributed by atoms with Crippen molar-refractivity contribution >= 4 is 38.5 Å². The molecule has 0 amide bonds. The lowest BCUT2D eigenvalue weighted by Crippen LogP contribution is -2.12. The highest BCUT2D eigenvalue weighted by atomic mass is 79.9. The molecule has 0 saturated carbocycles. The molecule has 0 aliphatic heterocycles. The van der Waals surface area contributed by atoms with Crippen LogP contribution in [0, 0.1) is 5.82 Å². The van der Waals surface area contributed by atoms with Crippen molar-refractivity contribution in [2.24, 2.45) is 5.73 Å². The topological polar surface area (TPSA) is 39.2 Å². The maximum Gasteiger partial charge on any atom is 0.148 e. The second kappa shape index (κ2) is 5.79. The monoisotopic (exact) mass is 367 g/mol. The first-order valence-corrected chi connectivity index (χ1v) is 7.59. The van der Waals surface area contributed by atoms with Crippen molar-refractivity contribution in [3.05, 3.63) is 69.1 Å². The van der Waals surface area contributed by atoms with Gasteiger partial charge in [-0.1, -0.05) is 29.8 Å². The van der Waals surface area contributed by atoms with Crippen LogP contribution in [0.1, 0.15) is 17.4 Å². The molecule has 0 radical (unpaired) electrons. The van der Waals surface area contributed by atoms with Crippen LogP contribution in [0.5, 0.6) is 0 Å². The predicted molar refractivity (Wildman–Crippen MR) is 86.0 cm³/mol. The number of hydrogen-bond donors (Lipinski definition) is 1. The van der Waals surface area contributed by atoms with Crippen molar-refractivity contribution in [3.63, 3.8) is 0 Å². The summed E-state index contributed by atoms with van der Waals surface area (Å²) < 4.78 is 19.7. The van der Waals surface area contributed by atoms with Gasteiger partial charge < -0.3 is 10.2 Å². The van der Waals surface area contributed by atoms with Gasteiger partial charge in [0.1, 0.15) is 17.2 Å². The molecule has 0 saturated heterocycles. The standard InChI is InChI=1S/C16H12BrClFNO/c17-12-3-1-2-10-7-15(21-16(10)12)14(20)6-9-4-5-11(19)8-13(9)18/h1-5,7-8,14H,6,20H2. The van der Waals surface area contributed by atoms with Gasteiger partial charge in [0.05, 0.1) is 10.5 Å². The van der Waals surface area contributed by atoms with E-state index in [1.54, 1.807) is 6.07 Å². The van der Waals surface area contributed by atoms with Crippen molar-refractivity contribution in [2.75, 3.05) is 0 Å². The number of halogens is 3. The molecule has 108 valence electrons. The smallest absolute Gasteiger partial charge is 0.148 e. The Kier molecular flexibility index (Phi) is 4.02. The zero-order valence-electron chi connectivity index (χ0n) is 10.9. The van der Waals surface area contributed by atoms with E-state index in [0.29, 0.717) is 17.2 Å². The number of fused-ring (bicyclic) bond motifs is 1. The van der Waals surface area contributed by atoms with Crippen LogP contribution in [-0.2, 0) is 6.42 Å². The summed E-state index contributed by atoms with van der Waals surface area (Å²) in [5.41, 5.74) is 7.75. The Balaban J connectivity index is 1.90. The molecule has 0 aliphatic carbocycles. The van der Waals surface area contributed by atoms with Crippen molar-refractivity contribution in [1.29, 1.82) is 0 Å². The molecule has 0 fully saturated rings. The van der Waals surface area contributed by atoms with E-state index in [1.165, 1.54) is 12.1 Å². The largest absolute Gasteiger partial charge is 0.458 e. The molecular weight excluding hydrogens is 357 g/mol. The molecule has 0 aliphatic rings. The zero-order chi connectivity index (χ0) is 15.0. The van der Waals surface area contributed by atoms with E-state index in [1.807, 2.05) is 24.3 Å². The van der Waals surface area contributed by atoms with Crippen LogP contribution in [0.25, 0.3) is 11.0 Å². The van der Waals surface area contributed by atoms with E-state index in [-0.39, 0.29) is 11.9 Å². The maximum absolute atomic E-state index is 13.1. The van der Waals surface area contributed by atoms with Gasteiger partial charge in [0, 0.05) is 10.4 Å². The molecule has 5 heteroatoms. The van der Waals surface area contributed by atoms with Gasteiger partial charge in [0.15, 0.2) is 0 Å².